The van der Waals surface area contributed by atoms with E-state index in [0.29, 0.717) is 17.0 Å². The first kappa shape index (κ1) is 19.4. The number of hydrogen-bond donors (Lipinski definition) is 2. The number of benzene rings is 3. The maximum Gasteiger partial charge on any atom is 0.407 e. The minimum atomic E-state index is -0.490. The number of methoxy groups -OCH3 is 1. The van der Waals surface area contributed by atoms with Crippen LogP contribution in [0.3, 0.4) is 0 Å². The van der Waals surface area contributed by atoms with Crippen molar-refractivity contribution in [3.63, 3.8) is 0 Å². The maximum absolute atomic E-state index is 12.2. The van der Waals surface area contributed by atoms with E-state index in [0.717, 1.165) is 0 Å². The Morgan fingerprint density at radius 3 is 2.37 bits per heavy atom. The summed E-state index contributed by atoms with van der Waals surface area (Å²) in [5, 5.41) is 2.67. The summed E-state index contributed by atoms with van der Waals surface area (Å²) in [6, 6.07) is 21.7. The van der Waals surface area contributed by atoms with Gasteiger partial charge < -0.3 is 20.5 Å². The summed E-state index contributed by atoms with van der Waals surface area (Å²) >= 11 is 0. The average molecular weight is 398 g/mol. The van der Waals surface area contributed by atoms with Crippen LogP contribution in [0.25, 0.3) is 11.1 Å². The molecule has 0 aromatic heterocycles. The Morgan fingerprint density at radius 2 is 1.70 bits per heavy atom. The van der Waals surface area contributed by atoms with Crippen molar-refractivity contribution in [3.8, 4) is 28.7 Å². The smallest absolute Gasteiger partial charge is 0.407 e. The van der Waals surface area contributed by atoms with E-state index in [1.54, 1.807) is 25.3 Å². The predicted molar refractivity (Wildman–Crippen MR) is 117 cm³/mol. The maximum atomic E-state index is 12.2. The zero-order valence-electron chi connectivity index (χ0n) is 16.6. The summed E-state index contributed by atoms with van der Waals surface area (Å²) in [4.78, 5) is 12.2. The second-order valence-corrected chi connectivity index (χ2v) is 6.94. The van der Waals surface area contributed by atoms with E-state index >= 15 is 0 Å². The van der Waals surface area contributed by atoms with Crippen molar-refractivity contribution in [2.24, 2.45) is 0 Å². The number of anilines is 1. The molecule has 0 spiro atoms. The van der Waals surface area contributed by atoms with Crippen LogP contribution < -0.4 is 15.8 Å². The van der Waals surface area contributed by atoms with Crippen molar-refractivity contribution < 1.29 is 14.3 Å². The van der Waals surface area contributed by atoms with Crippen molar-refractivity contribution in [1.29, 1.82) is 0 Å². The Balaban J connectivity index is 1.35. The highest BCUT2D eigenvalue weighted by Crippen LogP contribution is 2.44. The molecule has 1 aliphatic rings. The van der Waals surface area contributed by atoms with E-state index in [4.69, 9.17) is 15.2 Å². The van der Waals surface area contributed by atoms with Crippen LogP contribution in [0.4, 0.5) is 10.5 Å². The lowest BCUT2D eigenvalue weighted by Gasteiger charge is -2.14. The molecule has 0 unspecified atom stereocenters. The van der Waals surface area contributed by atoms with Gasteiger partial charge in [-0.25, -0.2) is 4.79 Å². The van der Waals surface area contributed by atoms with Gasteiger partial charge in [-0.2, -0.15) is 0 Å². The third kappa shape index (κ3) is 3.94. The van der Waals surface area contributed by atoms with E-state index in [1.807, 2.05) is 24.3 Å². The van der Waals surface area contributed by atoms with Gasteiger partial charge in [0.2, 0.25) is 0 Å². The van der Waals surface area contributed by atoms with Crippen molar-refractivity contribution in [1.82, 2.24) is 5.32 Å². The van der Waals surface area contributed by atoms with E-state index in [9.17, 15) is 4.79 Å². The van der Waals surface area contributed by atoms with Gasteiger partial charge in [0.15, 0.2) is 0 Å². The van der Waals surface area contributed by atoms with Crippen LogP contribution in [0.5, 0.6) is 5.75 Å². The summed E-state index contributed by atoms with van der Waals surface area (Å²) in [7, 11) is 1.56. The molecule has 0 fully saturated rings. The van der Waals surface area contributed by atoms with Gasteiger partial charge in [0, 0.05) is 17.7 Å². The number of rotatable bonds is 4. The van der Waals surface area contributed by atoms with Crippen molar-refractivity contribution in [2.45, 2.75) is 5.92 Å². The van der Waals surface area contributed by atoms with Crippen LogP contribution in [0.15, 0.2) is 66.7 Å². The molecule has 0 bridgehead atoms. The van der Waals surface area contributed by atoms with E-state index < -0.39 is 6.09 Å². The molecular weight excluding hydrogens is 376 g/mol. The fraction of sp³-hybridized carbons (Fsp3) is 0.160. The highest BCUT2D eigenvalue weighted by Gasteiger charge is 2.28. The third-order valence-electron chi connectivity index (χ3n) is 5.11. The van der Waals surface area contributed by atoms with Crippen molar-refractivity contribution in [2.75, 3.05) is 26.0 Å². The molecule has 0 saturated carbocycles. The first-order valence-corrected chi connectivity index (χ1v) is 9.68. The molecule has 0 radical (unpaired) electrons. The van der Waals surface area contributed by atoms with Gasteiger partial charge in [-0.3, -0.25) is 0 Å². The van der Waals surface area contributed by atoms with Crippen LogP contribution in [0, 0.1) is 11.8 Å². The molecule has 0 heterocycles. The van der Waals surface area contributed by atoms with Crippen LogP contribution in [-0.4, -0.2) is 26.4 Å². The molecule has 3 N–H and O–H groups in total. The molecule has 0 atom stereocenters. The number of nitrogen functional groups attached to an aromatic ring is 1. The largest absolute Gasteiger partial charge is 0.495 e. The molecule has 3 aromatic rings. The van der Waals surface area contributed by atoms with Crippen LogP contribution in [0.2, 0.25) is 0 Å². The Labute approximate surface area is 175 Å². The van der Waals surface area contributed by atoms with Crippen LogP contribution in [-0.2, 0) is 4.74 Å². The highest BCUT2D eigenvalue weighted by atomic mass is 16.5. The SMILES string of the molecule is COc1cc(N)ccc1C#CCNC(=O)OCC1c2ccccc2-c2ccccc21. The second kappa shape index (κ2) is 8.62. The van der Waals surface area contributed by atoms with E-state index in [2.05, 4.69) is 41.4 Å². The number of ether oxygens (including phenoxy) is 2. The monoisotopic (exact) mass is 398 g/mol. The predicted octanol–water partition coefficient (Wildman–Crippen LogP) is 4.17. The number of hydrogen-bond acceptors (Lipinski definition) is 4. The van der Waals surface area contributed by atoms with Gasteiger partial charge in [0.1, 0.15) is 12.4 Å². The molecule has 1 amide bonds. The Hall–Kier alpha value is -3.91. The van der Waals surface area contributed by atoms with Crippen molar-refractivity contribution >= 4 is 11.8 Å². The summed E-state index contributed by atoms with van der Waals surface area (Å²) in [5.74, 6) is 6.51. The number of nitrogens with one attached hydrogen (secondary N) is 1. The Morgan fingerprint density at radius 1 is 1.03 bits per heavy atom. The van der Waals surface area contributed by atoms with Crippen LogP contribution in [0.1, 0.15) is 22.6 Å². The number of nitrogens with two attached hydrogens (primary N) is 1. The summed E-state index contributed by atoms with van der Waals surface area (Å²) in [6.07, 6.45) is -0.490. The summed E-state index contributed by atoms with van der Waals surface area (Å²) in [5.41, 5.74) is 11.8. The molecule has 5 nitrogen and oxygen atoms in total. The quantitative estimate of drug-likeness (QED) is 0.511. The second-order valence-electron chi connectivity index (χ2n) is 6.94. The standard InChI is InChI=1S/C25H22N2O3/c1-29-24-15-18(26)13-12-17(24)7-6-14-27-25(28)30-16-23-21-10-4-2-8-19(21)20-9-3-5-11-22(20)23/h2-5,8-13,15,23H,14,16,26H2,1H3,(H,27,28). The minimum absolute atomic E-state index is 0.0354. The normalized spacial score (nSPS) is 11.6. The van der Waals surface area contributed by atoms with Gasteiger partial charge in [0.05, 0.1) is 19.2 Å². The fourth-order valence-electron chi connectivity index (χ4n) is 3.72. The number of alkyl carbamates (subject to hydrolysis) is 1. The Bertz CT molecular complexity index is 1100. The summed E-state index contributed by atoms with van der Waals surface area (Å²) < 4.78 is 10.8. The van der Waals surface area contributed by atoms with Gasteiger partial charge in [-0.1, -0.05) is 60.4 Å². The highest BCUT2D eigenvalue weighted by molar-refractivity contribution is 5.79. The number of fused-ring (bicyclic) bond motifs is 3. The third-order valence-corrected chi connectivity index (χ3v) is 5.11. The molecule has 30 heavy (non-hydrogen) atoms. The molecular formula is C25H22N2O3. The fourth-order valence-corrected chi connectivity index (χ4v) is 3.72. The van der Waals surface area contributed by atoms with Gasteiger partial charge in [-0.15, -0.1) is 0 Å². The van der Waals surface area contributed by atoms with Gasteiger partial charge >= 0.3 is 6.09 Å². The Kier molecular flexibility index (Phi) is 5.58. The van der Waals surface area contributed by atoms with Gasteiger partial charge in [-0.05, 0) is 34.4 Å². The first-order chi connectivity index (χ1) is 14.7. The van der Waals surface area contributed by atoms with E-state index in [-0.39, 0.29) is 19.1 Å². The lowest BCUT2D eigenvalue weighted by molar-refractivity contribution is 0.144. The molecule has 0 aliphatic heterocycles. The number of carbonyl (C=O) groups excluding carboxylic acids is 1. The van der Waals surface area contributed by atoms with Gasteiger partial charge in [0.25, 0.3) is 0 Å². The molecule has 0 saturated heterocycles. The minimum Gasteiger partial charge on any atom is -0.495 e. The molecule has 4 rings (SSSR count). The summed E-state index contributed by atoms with van der Waals surface area (Å²) in [6.45, 7) is 0.448. The molecule has 1 aliphatic carbocycles. The first-order valence-electron chi connectivity index (χ1n) is 9.68. The lowest BCUT2D eigenvalue weighted by Crippen LogP contribution is -2.26. The number of amides is 1. The zero-order chi connectivity index (χ0) is 20.9. The molecule has 5 heteroatoms. The zero-order valence-corrected chi connectivity index (χ0v) is 16.6. The molecule has 150 valence electrons. The molecule has 3 aromatic carbocycles. The van der Waals surface area contributed by atoms with E-state index in [1.165, 1.54) is 22.3 Å². The topological polar surface area (TPSA) is 73.6 Å². The number of carbonyl (C=O) groups is 1. The average Bonchev–Trinajstić information content (AvgIpc) is 3.10. The van der Waals surface area contributed by atoms with Crippen LogP contribution >= 0.6 is 0 Å². The lowest BCUT2D eigenvalue weighted by atomic mass is 9.98. The van der Waals surface area contributed by atoms with Crippen molar-refractivity contribution in [3.05, 3.63) is 83.4 Å².